The van der Waals surface area contributed by atoms with Crippen molar-refractivity contribution in [3.8, 4) is 11.5 Å². The van der Waals surface area contributed by atoms with Crippen molar-refractivity contribution in [3.63, 3.8) is 0 Å². The molecule has 2 N–H and O–H groups in total. The van der Waals surface area contributed by atoms with E-state index in [1.807, 2.05) is 31.2 Å². The Morgan fingerprint density at radius 1 is 1.32 bits per heavy atom. The lowest BCUT2D eigenvalue weighted by Crippen LogP contribution is -2.19. The fourth-order valence-electron chi connectivity index (χ4n) is 2.19. The Balaban J connectivity index is 1.83. The van der Waals surface area contributed by atoms with E-state index in [0.717, 1.165) is 14.8 Å². The number of aliphatic imine (C=N–C) groups is 1. The van der Waals surface area contributed by atoms with E-state index in [2.05, 4.69) is 32.9 Å². The summed E-state index contributed by atoms with van der Waals surface area (Å²) in [7, 11) is 0. The summed E-state index contributed by atoms with van der Waals surface area (Å²) in [6.07, 6.45) is 1.75. The van der Waals surface area contributed by atoms with Crippen molar-refractivity contribution in [2.24, 2.45) is 4.99 Å². The molecule has 1 fully saturated rings. The highest BCUT2D eigenvalue weighted by Crippen LogP contribution is 2.31. The fourth-order valence-corrected chi connectivity index (χ4v) is 3.55. The van der Waals surface area contributed by atoms with E-state index in [-0.39, 0.29) is 11.7 Å². The number of thioether (sulfide) groups is 1. The zero-order chi connectivity index (χ0) is 17.8. The quantitative estimate of drug-likeness (QED) is 0.521. The van der Waals surface area contributed by atoms with E-state index < -0.39 is 0 Å². The smallest absolute Gasteiger partial charge is 0.264 e. The molecule has 1 amide bonds. The lowest BCUT2D eigenvalue weighted by Gasteiger charge is -2.06. The molecule has 0 saturated carbocycles. The highest BCUT2D eigenvalue weighted by atomic mass is 127. The molecule has 1 aliphatic heterocycles. The Labute approximate surface area is 163 Å². The van der Waals surface area contributed by atoms with Gasteiger partial charge >= 0.3 is 0 Å². The van der Waals surface area contributed by atoms with Crippen molar-refractivity contribution in [2.75, 3.05) is 6.61 Å². The number of hydrogen-bond donors (Lipinski definition) is 2. The number of amides is 1. The first-order chi connectivity index (χ1) is 12.0. The van der Waals surface area contributed by atoms with Gasteiger partial charge in [-0.25, -0.2) is 4.99 Å². The molecule has 1 heterocycles. The van der Waals surface area contributed by atoms with Crippen LogP contribution < -0.4 is 10.1 Å². The van der Waals surface area contributed by atoms with Gasteiger partial charge in [-0.15, -0.1) is 0 Å². The van der Waals surface area contributed by atoms with Crippen LogP contribution in [0.5, 0.6) is 11.5 Å². The molecule has 2 aromatic carbocycles. The molecule has 3 rings (SSSR count). The first-order valence-electron chi connectivity index (χ1n) is 7.56. The predicted molar refractivity (Wildman–Crippen MR) is 109 cm³/mol. The molecular formula is C18H15IN2O3S. The average Bonchev–Trinajstić information content (AvgIpc) is 2.90. The molecule has 0 atom stereocenters. The second-order valence-electron chi connectivity index (χ2n) is 5.12. The van der Waals surface area contributed by atoms with E-state index in [9.17, 15) is 9.90 Å². The number of carbonyl (C=O) groups is 1. The van der Waals surface area contributed by atoms with Crippen LogP contribution in [-0.2, 0) is 4.79 Å². The van der Waals surface area contributed by atoms with E-state index in [1.165, 1.54) is 11.8 Å². The fraction of sp³-hybridized carbons (Fsp3) is 0.111. The summed E-state index contributed by atoms with van der Waals surface area (Å²) in [6, 6.07) is 12.7. The summed E-state index contributed by atoms with van der Waals surface area (Å²) in [4.78, 5) is 17.2. The van der Waals surface area contributed by atoms with Crippen molar-refractivity contribution in [2.45, 2.75) is 6.92 Å². The van der Waals surface area contributed by atoms with Gasteiger partial charge in [-0.3, -0.25) is 4.79 Å². The number of phenols is 1. The number of halogens is 1. The van der Waals surface area contributed by atoms with E-state index >= 15 is 0 Å². The van der Waals surface area contributed by atoms with Crippen LogP contribution in [0.4, 0.5) is 5.69 Å². The first-order valence-corrected chi connectivity index (χ1v) is 9.45. The molecule has 7 heteroatoms. The van der Waals surface area contributed by atoms with Crippen LogP contribution in [0, 0.1) is 3.57 Å². The first kappa shape index (κ1) is 17.8. The van der Waals surface area contributed by atoms with Gasteiger partial charge in [0.15, 0.2) is 16.7 Å². The maximum atomic E-state index is 12.2. The number of hydrogen-bond acceptors (Lipinski definition) is 5. The third-order valence-electron chi connectivity index (χ3n) is 3.27. The zero-order valence-electron chi connectivity index (χ0n) is 13.3. The monoisotopic (exact) mass is 466 g/mol. The Morgan fingerprint density at radius 3 is 2.92 bits per heavy atom. The van der Waals surface area contributed by atoms with Crippen LogP contribution in [0.25, 0.3) is 6.08 Å². The number of phenolic OH excluding ortho intramolecular Hbond substituents is 1. The third kappa shape index (κ3) is 4.55. The lowest BCUT2D eigenvalue weighted by atomic mass is 10.2. The Kier molecular flexibility index (Phi) is 5.64. The molecule has 0 aromatic heterocycles. The highest BCUT2D eigenvalue weighted by Gasteiger charge is 2.24. The summed E-state index contributed by atoms with van der Waals surface area (Å²) >= 11 is 3.50. The van der Waals surface area contributed by atoms with Crippen molar-refractivity contribution < 1.29 is 14.6 Å². The van der Waals surface area contributed by atoms with Crippen molar-refractivity contribution in [1.82, 2.24) is 5.32 Å². The van der Waals surface area contributed by atoms with Gasteiger partial charge in [-0.05, 0) is 83.2 Å². The maximum Gasteiger partial charge on any atom is 0.264 e. The van der Waals surface area contributed by atoms with Crippen molar-refractivity contribution in [3.05, 3.63) is 56.5 Å². The van der Waals surface area contributed by atoms with Gasteiger partial charge in [-0.1, -0.05) is 12.1 Å². The van der Waals surface area contributed by atoms with E-state index in [4.69, 9.17) is 4.74 Å². The van der Waals surface area contributed by atoms with Gasteiger partial charge in [0.1, 0.15) is 0 Å². The summed E-state index contributed by atoms with van der Waals surface area (Å²) in [5.41, 5.74) is 1.56. The Hall–Kier alpha value is -2.00. The van der Waals surface area contributed by atoms with Crippen LogP contribution >= 0.6 is 34.4 Å². The van der Waals surface area contributed by atoms with Gasteiger partial charge in [0.05, 0.1) is 17.2 Å². The summed E-state index contributed by atoms with van der Waals surface area (Å²) < 4.78 is 6.45. The van der Waals surface area contributed by atoms with Crippen molar-refractivity contribution in [1.29, 1.82) is 0 Å². The van der Waals surface area contributed by atoms with Crippen LogP contribution in [0.3, 0.4) is 0 Å². The van der Waals surface area contributed by atoms with Crippen molar-refractivity contribution >= 4 is 57.2 Å². The SMILES string of the molecule is CCOc1cc(/C=C2/SC(=Nc3cccc(I)c3)NC2=O)ccc1O. The Morgan fingerprint density at radius 2 is 2.16 bits per heavy atom. The van der Waals surface area contributed by atoms with Crippen LogP contribution in [0.2, 0.25) is 0 Å². The van der Waals surface area contributed by atoms with E-state index in [0.29, 0.717) is 22.4 Å². The second-order valence-corrected chi connectivity index (χ2v) is 7.40. The maximum absolute atomic E-state index is 12.2. The largest absolute Gasteiger partial charge is 0.504 e. The average molecular weight is 466 g/mol. The molecular weight excluding hydrogens is 451 g/mol. The molecule has 128 valence electrons. The van der Waals surface area contributed by atoms with Crippen LogP contribution in [0.15, 0.2) is 52.4 Å². The molecule has 5 nitrogen and oxygen atoms in total. The molecule has 25 heavy (non-hydrogen) atoms. The van der Waals surface area contributed by atoms with E-state index in [1.54, 1.807) is 24.3 Å². The molecule has 1 saturated heterocycles. The normalized spacial score (nSPS) is 17.1. The predicted octanol–water partition coefficient (Wildman–Crippen LogP) is 4.29. The number of nitrogens with one attached hydrogen (secondary N) is 1. The molecule has 0 aliphatic carbocycles. The minimum atomic E-state index is -0.194. The van der Waals surface area contributed by atoms with Gasteiger partial charge in [0, 0.05) is 3.57 Å². The highest BCUT2D eigenvalue weighted by molar-refractivity contribution is 14.1. The standard InChI is InChI=1S/C18H15IN2O3S/c1-2-24-15-8-11(6-7-14(15)22)9-16-17(23)21-18(25-16)20-13-5-3-4-12(19)10-13/h3-10,22H,2H2,1H3,(H,20,21,23)/b16-9+. The number of aromatic hydroxyl groups is 1. The summed E-state index contributed by atoms with van der Waals surface area (Å²) in [5.74, 6) is 0.280. The molecule has 0 spiro atoms. The number of amidine groups is 1. The number of nitrogens with zero attached hydrogens (tertiary/aromatic N) is 1. The molecule has 2 aromatic rings. The number of benzene rings is 2. The number of carbonyl (C=O) groups excluding carboxylic acids is 1. The number of ether oxygens (including phenoxy) is 1. The topological polar surface area (TPSA) is 70.9 Å². The van der Waals surface area contributed by atoms with Gasteiger partial charge in [0.25, 0.3) is 5.91 Å². The summed E-state index contributed by atoms with van der Waals surface area (Å²) in [5, 5.41) is 13.1. The van der Waals surface area contributed by atoms with Gasteiger partial charge in [0.2, 0.25) is 0 Å². The zero-order valence-corrected chi connectivity index (χ0v) is 16.3. The summed E-state index contributed by atoms with van der Waals surface area (Å²) in [6.45, 7) is 2.30. The molecule has 1 aliphatic rings. The second kappa shape index (κ2) is 7.92. The van der Waals surface area contributed by atoms with Crippen LogP contribution in [0.1, 0.15) is 12.5 Å². The minimum Gasteiger partial charge on any atom is -0.504 e. The minimum absolute atomic E-state index is 0.0773. The molecule has 0 bridgehead atoms. The lowest BCUT2D eigenvalue weighted by molar-refractivity contribution is -0.115. The Bertz CT molecular complexity index is 880. The molecule has 0 radical (unpaired) electrons. The van der Waals surface area contributed by atoms with Gasteiger partial charge in [-0.2, -0.15) is 0 Å². The van der Waals surface area contributed by atoms with Gasteiger partial charge < -0.3 is 15.2 Å². The molecule has 0 unspecified atom stereocenters. The third-order valence-corrected chi connectivity index (χ3v) is 4.85. The van der Waals surface area contributed by atoms with Crippen LogP contribution in [-0.4, -0.2) is 22.8 Å². The number of rotatable bonds is 4.